The standard InChI is InChI=1S/C16H21N5S2/c1-11(23-16-19-14(17)10-15(20-16)22-2)13-9-12(5-6-18-13)21-7-3-4-8-21/h5-6,9-11H,3-4,7-8H2,1-2H3,(H2,17,19,20). The Labute approximate surface area is 145 Å². The van der Waals surface area contributed by atoms with E-state index in [1.807, 2.05) is 12.5 Å². The molecule has 1 atom stereocenters. The summed E-state index contributed by atoms with van der Waals surface area (Å²) in [5, 5.41) is 1.77. The Bertz CT molecular complexity index is 673. The molecular formula is C16H21N5S2. The molecule has 3 heterocycles. The number of thioether (sulfide) groups is 2. The van der Waals surface area contributed by atoms with Gasteiger partial charge in [-0.1, -0.05) is 11.8 Å². The normalized spacial score (nSPS) is 15.8. The van der Waals surface area contributed by atoms with Gasteiger partial charge < -0.3 is 10.6 Å². The lowest BCUT2D eigenvalue weighted by molar-refractivity contribution is 0.886. The van der Waals surface area contributed by atoms with E-state index in [1.54, 1.807) is 29.6 Å². The van der Waals surface area contributed by atoms with Crippen molar-refractivity contribution in [1.29, 1.82) is 0 Å². The Morgan fingerprint density at radius 1 is 1.22 bits per heavy atom. The van der Waals surface area contributed by atoms with E-state index in [-0.39, 0.29) is 5.25 Å². The molecular weight excluding hydrogens is 326 g/mol. The van der Waals surface area contributed by atoms with E-state index in [0.29, 0.717) is 11.0 Å². The second kappa shape index (κ2) is 7.40. The van der Waals surface area contributed by atoms with Gasteiger partial charge in [-0.3, -0.25) is 4.98 Å². The average molecular weight is 348 g/mol. The van der Waals surface area contributed by atoms with Crippen LogP contribution in [-0.2, 0) is 0 Å². The molecule has 1 unspecified atom stereocenters. The number of anilines is 2. The van der Waals surface area contributed by atoms with Gasteiger partial charge in [0.1, 0.15) is 10.8 Å². The van der Waals surface area contributed by atoms with Crippen molar-refractivity contribution in [1.82, 2.24) is 15.0 Å². The summed E-state index contributed by atoms with van der Waals surface area (Å²) in [7, 11) is 0. The minimum Gasteiger partial charge on any atom is -0.384 e. The first kappa shape index (κ1) is 16.4. The number of hydrogen-bond donors (Lipinski definition) is 1. The minimum absolute atomic E-state index is 0.175. The molecule has 23 heavy (non-hydrogen) atoms. The molecule has 1 saturated heterocycles. The third-order valence-corrected chi connectivity index (χ3v) is 5.46. The van der Waals surface area contributed by atoms with Gasteiger partial charge in [0.15, 0.2) is 5.16 Å². The highest BCUT2D eigenvalue weighted by atomic mass is 32.2. The second-order valence-electron chi connectivity index (χ2n) is 5.51. The number of nitrogens with zero attached hydrogens (tertiary/aromatic N) is 4. The molecule has 0 saturated carbocycles. The topological polar surface area (TPSA) is 67.9 Å². The Morgan fingerprint density at radius 2 is 2.00 bits per heavy atom. The Morgan fingerprint density at radius 3 is 2.74 bits per heavy atom. The van der Waals surface area contributed by atoms with Crippen molar-refractivity contribution < 1.29 is 0 Å². The molecule has 122 valence electrons. The molecule has 0 radical (unpaired) electrons. The lowest BCUT2D eigenvalue weighted by Gasteiger charge is -2.19. The molecule has 1 aliphatic heterocycles. The molecule has 2 aromatic rings. The van der Waals surface area contributed by atoms with Crippen LogP contribution >= 0.6 is 23.5 Å². The first-order valence-electron chi connectivity index (χ1n) is 7.72. The number of aromatic nitrogens is 3. The first-order valence-corrected chi connectivity index (χ1v) is 9.82. The largest absolute Gasteiger partial charge is 0.384 e. The molecule has 5 nitrogen and oxygen atoms in total. The van der Waals surface area contributed by atoms with Crippen molar-refractivity contribution in [3.05, 3.63) is 30.1 Å². The van der Waals surface area contributed by atoms with Crippen LogP contribution in [0.5, 0.6) is 0 Å². The van der Waals surface area contributed by atoms with Crippen LogP contribution in [0, 0.1) is 0 Å². The maximum Gasteiger partial charge on any atom is 0.191 e. The van der Waals surface area contributed by atoms with E-state index in [4.69, 9.17) is 5.73 Å². The first-order chi connectivity index (χ1) is 11.2. The zero-order chi connectivity index (χ0) is 16.2. The number of nitrogens with two attached hydrogens (primary N) is 1. The van der Waals surface area contributed by atoms with Gasteiger partial charge in [0.25, 0.3) is 0 Å². The van der Waals surface area contributed by atoms with Crippen LogP contribution in [0.4, 0.5) is 11.5 Å². The van der Waals surface area contributed by atoms with Gasteiger partial charge >= 0.3 is 0 Å². The third kappa shape index (κ3) is 4.09. The smallest absolute Gasteiger partial charge is 0.191 e. The van der Waals surface area contributed by atoms with Gasteiger partial charge in [-0.2, -0.15) is 0 Å². The van der Waals surface area contributed by atoms with Crippen molar-refractivity contribution >= 4 is 35.0 Å². The summed E-state index contributed by atoms with van der Waals surface area (Å²) >= 11 is 3.17. The van der Waals surface area contributed by atoms with E-state index < -0.39 is 0 Å². The molecule has 0 spiro atoms. The maximum atomic E-state index is 5.86. The van der Waals surface area contributed by atoms with Crippen LogP contribution in [0.1, 0.15) is 30.7 Å². The molecule has 0 aromatic carbocycles. The zero-order valence-corrected chi connectivity index (χ0v) is 15.0. The van der Waals surface area contributed by atoms with E-state index >= 15 is 0 Å². The van der Waals surface area contributed by atoms with Gasteiger partial charge in [-0.05, 0) is 38.2 Å². The predicted octanol–water partition coefficient (Wildman–Crippen LogP) is 3.63. The highest BCUT2D eigenvalue weighted by Gasteiger charge is 2.16. The molecule has 0 amide bonds. The Balaban J connectivity index is 1.76. The molecule has 1 fully saturated rings. The van der Waals surface area contributed by atoms with Crippen LogP contribution in [0.25, 0.3) is 0 Å². The minimum atomic E-state index is 0.175. The zero-order valence-electron chi connectivity index (χ0n) is 13.4. The summed E-state index contributed by atoms with van der Waals surface area (Å²) in [5.41, 5.74) is 8.17. The van der Waals surface area contributed by atoms with E-state index in [0.717, 1.165) is 23.8 Å². The van der Waals surface area contributed by atoms with Crippen LogP contribution in [0.15, 0.2) is 34.6 Å². The molecule has 3 rings (SSSR count). The van der Waals surface area contributed by atoms with Gasteiger partial charge in [-0.25, -0.2) is 9.97 Å². The lowest BCUT2D eigenvalue weighted by Crippen LogP contribution is -2.17. The highest BCUT2D eigenvalue weighted by molar-refractivity contribution is 7.99. The fourth-order valence-electron chi connectivity index (χ4n) is 2.63. The summed E-state index contributed by atoms with van der Waals surface area (Å²) in [4.78, 5) is 15.8. The monoisotopic (exact) mass is 347 g/mol. The van der Waals surface area contributed by atoms with Crippen LogP contribution < -0.4 is 10.6 Å². The van der Waals surface area contributed by atoms with E-state index in [9.17, 15) is 0 Å². The number of nitrogen functional groups attached to an aromatic ring is 1. The quantitative estimate of drug-likeness (QED) is 0.503. The average Bonchev–Trinajstić information content (AvgIpc) is 3.09. The Kier molecular flexibility index (Phi) is 5.27. The summed E-state index contributed by atoms with van der Waals surface area (Å²) < 4.78 is 0. The molecule has 1 aliphatic rings. The highest BCUT2D eigenvalue weighted by Crippen LogP contribution is 2.34. The summed E-state index contributed by atoms with van der Waals surface area (Å²) in [6.45, 7) is 4.41. The van der Waals surface area contributed by atoms with E-state index in [1.165, 1.54) is 18.5 Å². The van der Waals surface area contributed by atoms with Crippen molar-refractivity contribution in [2.75, 3.05) is 30.0 Å². The molecule has 7 heteroatoms. The SMILES string of the molecule is CSc1cc(N)nc(SC(C)c2cc(N3CCCC3)ccn2)n1. The van der Waals surface area contributed by atoms with Crippen molar-refractivity contribution in [3.8, 4) is 0 Å². The van der Waals surface area contributed by atoms with Crippen LogP contribution in [0.2, 0.25) is 0 Å². The van der Waals surface area contributed by atoms with Gasteiger partial charge in [0, 0.05) is 31.0 Å². The molecule has 0 bridgehead atoms. The third-order valence-electron chi connectivity index (χ3n) is 3.85. The maximum absolute atomic E-state index is 5.86. The molecule has 0 aliphatic carbocycles. The second-order valence-corrected chi connectivity index (χ2v) is 7.65. The fraction of sp³-hybridized carbons (Fsp3) is 0.438. The summed E-state index contributed by atoms with van der Waals surface area (Å²) in [5.74, 6) is 0.512. The van der Waals surface area contributed by atoms with Gasteiger partial charge in [0.2, 0.25) is 0 Å². The van der Waals surface area contributed by atoms with Crippen molar-refractivity contribution in [3.63, 3.8) is 0 Å². The van der Waals surface area contributed by atoms with Gasteiger partial charge in [-0.15, -0.1) is 11.8 Å². The van der Waals surface area contributed by atoms with Crippen molar-refractivity contribution in [2.45, 2.75) is 35.2 Å². The molecule has 2 N–H and O–H groups in total. The van der Waals surface area contributed by atoms with Crippen molar-refractivity contribution in [2.24, 2.45) is 0 Å². The number of rotatable bonds is 5. The molecule has 2 aromatic heterocycles. The fourth-order valence-corrected chi connectivity index (χ4v) is 3.98. The number of hydrogen-bond acceptors (Lipinski definition) is 7. The summed E-state index contributed by atoms with van der Waals surface area (Å²) in [6, 6.07) is 6.07. The number of pyridine rings is 1. The van der Waals surface area contributed by atoms with E-state index in [2.05, 4.69) is 38.9 Å². The Hall–Kier alpha value is -1.47. The van der Waals surface area contributed by atoms with Crippen LogP contribution in [-0.4, -0.2) is 34.3 Å². The van der Waals surface area contributed by atoms with Gasteiger partial charge in [0.05, 0.1) is 10.9 Å². The summed E-state index contributed by atoms with van der Waals surface area (Å²) in [6.07, 6.45) is 6.43. The predicted molar refractivity (Wildman–Crippen MR) is 98.2 cm³/mol. The van der Waals surface area contributed by atoms with Crippen LogP contribution in [0.3, 0.4) is 0 Å². The lowest BCUT2D eigenvalue weighted by atomic mass is 10.2.